The molecule has 3 heterocycles. The van der Waals surface area contributed by atoms with Crippen LogP contribution in [0.25, 0.3) is 11.8 Å². The molecule has 2 aromatic carbocycles. The fourth-order valence-electron chi connectivity index (χ4n) is 4.69. The summed E-state index contributed by atoms with van der Waals surface area (Å²) in [4.78, 5) is 18.7. The second kappa shape index (κ2) is 13.3. The number of aromatic nitrogens is 6. The van der Waals surface area contributed by atoms with Crippen LogP contribution in [0.15, 0.2) is 42.1 Å². The molecule has 0 aliphatic carbocycles. The van der Waals surface area contributed by atoms with Crippen LogP contribution in [0.5, 0.6) is 28.7 Å². The van der Waals surface area contributed by atoms with E-state index in [0.29, 0.717) is 64.5 Å². The van der Waals surface area contributed by atoms with Crippen molar-refractivity contribution >= 4 is 12.0 Å². The second-order valence-corrected chi connectivity index (χ2v) is 9.72. The fourth-order valence-corrected chi connectivity index (χ4v) is 4.69. The van der Waals surface area contributed by atoms with Crippen LogP contribution in [0.3, 0.4) is 0 Å². The van der Waals surface area contributed by atoms with E-state index in [1.54, 1.807) is 37.6 Å². The molecule has 0 atom stereocenters. The zero-order chi connectivity index (χ0) is 30.3. The van der Waals surface area contributed by atoms with Gasteiger partial charge in [0, 0.05) is 36.1 Å². The van der Waals surface area contributed by atoms with Crippen molar-refractivity contribution in [2.75, 3.05) is 21.0 Å². The standard InChI is InChI=1S/C30H34N6O7/c1-5-7-8-29-31-16-21(12-20(30(37)38)11-19-13-26-27(43-18-42-26)15-24(19)40-4)36(29)23-10-9-22(39-3)14-25(23)41-17-28-32-34-35(6-2)33-28/h9-10,12-16H,5-8,11,17-18H2,1-4H3,(H,37,38)/b20-12+. The number of nitrogens with zero attached hydrogens (tertiary/aromatic N) is 6. The number of methoxy groups -OCH3 is 2. The monoisotopic (exact) mass is 590 g/mol. The molecular formula is C30H34N6O7. The maximum Gasteiger partial charge on any atom is 0.331 e. The Morgan fingerprint density at radius 1 is 1.09 bits per heavy atom. The maximum atomic E-state index is 12.5. The molecule has 1 N–H and O–H groups in total. The fraction of sp³-hybridized carbons (Fsp3) is 0.367. The molecular weight excluding hydrogens is 556 g/mol. The second-order valence-electron chi connectivity index (χ2n) is 9.72. The van der Waals surface area contributed by atoms with Crippen LogP contribution in [0, 0.1) is 0 Å². The summed E-state index contributed by atoms with van der Waals surface area (Å²) < 4.78 is 30.1. The van der Waals surface area contributed by atoms with Crippen LogP contribution in [-0.2, 0) is 30.8 Å². The number of unbranched alkanes of at least 4 members (excludes halogenated alkanes) is 1. The highest BCUT2D eigenvalue weighted by Crippen LogP contribution is 2.39. The first-order chi connectivity index (χ1) is 20.9. The minimum absolute atomic E-state index is 0.0780. The molecule has 0 unspecified atom stereocenters. The van der Waals surface area contributed by atoms with Crippen molar-refractivity contribution in [1.82, 2.24) is 29.8 Å². The van der Waals surface area contributed by atoms with Crippen molar-refractivity contribution in [2.24, 2.45) is 0 Å². The maximum absolute atomic E-state index is 12.5. The van der Waals surface area contributed by atoms with Gasteiger partial charge in [-0.1, -0.05) is 13.3 Å². The van der Waals surface area contributed by atoms with E-state index in [1.807, 2.05) is 23.6 Å². The minimum Gasteiger partial charge on any atom is -0.497 e. The Bertz CT molecular complexity index is 1630. The molecule has 43 heavy (non-hydrogen) atoms. The predicted molar refractivity (Wildman–Crippen MR) is 155 cm³/mol. The molecule has 13 heteroatoms. The van der Waals surface area contributed by atoms with Crippen LogP contribution in [0.4, 0.5) is 0 Å². The topological polar surface area (TPSA) is 145 Å². The molecule has 2 aromatic heterocycles. The van der Waals surface area contributed by atoms with E-state index in [0.717, 1.165) is 18.7 Å². The third-order valence-corrected chi connectivity index (χ3v) is 6.91. The van der Waals surface area contributed by atoms with E-state index < -0.39 is 5.97 Å². The predicted octanol–water partition coefficient (Wildman–Crippen LogP) is 4.26. The number of imidazole rings is 1. The number of rotatable bonds is 14. The summed E-state index contributed by atoms with van der Waals surface area (Å²) in [7, 11) is 3.11. The van der Waals surface area contributed by atoms with E-state index in [-0.39, 0.29) is 25.4 Å². The Balaban J connectivity index is 1.56. The van der Waals surface area contributed by atoms with Gasteiger partial charge in [0.05, 0.1) is 38.3 Å². The summed E-state index contributed by atoms with van der Waals surface area (Å²) in [5, 5.41) is 22.6. The van der Waals surface area contributed by atoms with Gasteiger partial charge in [-0.05, 0) is 42.8 Å². The Morgan fingerprint density at radius 3 is 2.60 bits per heavy atom. The summed E-state index contributed by atoms with van der Waals surface area (Å²) in [5.41, 5.74) is 2.03. The Morgan fingerprint density at radius 2 is 1.91 bits per heavy atom. The molecule has 0 fully saturated rings. The van der Waals surface area contributed by atoms with Gasteiger partial charge in [-0.15, -0.1) is 10.2 Å². The third-order valence-electron chi connectivity index (χ3n) is 6.91. The number of hydrogen-bond donors (Lipinski definition) is 1. The van der Waals surface area contributed by atoms with Gasteiger partial charge in [0.25, 0.3) is 0 Å². The van der Waals surface area contributed by atoms with Crippen LogP contribution >= 0.6 is 0 Å². The van der Waals surface area contributed by atoms with E-state index in [1.165, 1.54) is 11.9 Å². The van der Waals surface area contributed by atoms with E-state index >= 15 is 0 Å². The summed E-state index contributed by atoms with van der Waals surface area (Å²) >= 11 is 0. The molecule has 226 valence electrons. The van der Waals surface area contributed by atoms with Crippen molar-refractivity contribution in [2.45, 2.75) is 52.7 Å². The van der Waals surface area contributed by atoms with E-state index in [2.05, 4.69) is 27.3 Å². The minimum atomic E-state index is -1.07. The number of fused-ring (bicyclic) bond motifs is 1. The van der Waals surface area contributed by atoms with Gasteiger partial charge in [0.2, 0.25) is 12.6 Å². The van der Waals surface area contributed by atoms with Crippen molar-refractivity contribution in [3.63, 3.8) is 0 Å². The number of benzene rings is 2. The number of ether oxygens (including phenoxy) is 5. The van der Waals surface area contributed by atoms with Gasteiger partial charge in [-0.3, -0.25) is 4.57 Å². The zero-order valence-corrected chi connectivity index (χ0v) is 24.6. The average molecular weight is 591 g/mol. The summed E-state index contributed by atoms with van der Waals surface area (Å²) in [6, 6.07) is 8.91. The van der Waals surface area contributed by atoms with Crippen LogP contribution < -0.4 is 23.7 Å². The summed E-state index contributed by atoms with van der Waals surface area (Å²) in [6.45, 7) is 4.80. The SMILES string of the molecule is CCCCc1ncc(/C=C(\Cc2cc3c(cc2OC)OCO3)C(=O)O)n1-c1ccc(OC)cc1OCc1nnn(CC)n1. The first-order valence-electron chi connectivity index (χ1n) is 14.0. The first kappa shape index (κ1) is 29.4. The van der Waals surface area contributed by atoms with Crippen molar-refractivity contribution in [1.29, 1.82) is 0 Å². The number of aryl methyl sites for hydroxylation is 2. The lowest BCUT2D eigenvalue weighted by molar-refractivity contribution is -0.132. The number of aliphatic carboxylic acids is 1. The molecule has 1 aliphatic rings. The number of hydrogen-bond acceptors (Lipinski definition) is 10. The normalized spacial score (nSPS) is 12.4. The average Bonchev–Trinajstić information content (AvgIpc) is 3.77. The van der Waals surface area contributed by atoms with Gasteiger partial charge < -0.3 is 28.8 Å². The lowest BCUT2D eigenvalue weighted by Gasteiger charge is -2.17. The largest absolute Gasteiger partial charge is 0.497 e. The summed E-state index contributed by atoms with van der Waals surface area (Å²) in [6.07, 6.45) is 5.92. The van der Waals surface area contributed by atoms with Crippen molar-refractivity contribution in [3.05, 3.63) is 65.0 Å². The molecule has 0 spiro atoms. The van der Waals surface area contributed by atoms with Crippen molar-refractivity contribution < 1.29 is 33.6 Å². The lowest BCUT2D eigenvalue weighted by atomic mass is 10.0. The number of tetrazole rings is 1. The Kier molecular flexibility index (Phi) is 9.08. The molecule has 5 rings (SSSR count). The Labute approximate surface area is 248 Å². The van der Waals surface area contributed by atoms with Crippen molar-refractivity contribution in [3.8, 4) is 34.4 Å². The highest BCUT2D eigenvalue weighted by Gasteiger charge is 2.22. The molecule has 4 aromatic rings. The van der Waals surface area contributed by atoms with Crippen LogP contribution in [0.1, 0.15) is 49.6 Å². The van der Waals surface area contributed by atoms with Gasteiger partial charge >= 0.3 is 5.97 Å². The molecule has 0 saturated carbocycles. The highest BCUT2D eigenvalue weighted by molar-refractivity contribution is 5.92. The first-order valence-corrected chi connectivity index (χ1v) is 14.0. The molecule has 13 nitrogen and oxygen atoms in total. The van der Waals surface area contributed by atoms with E-state index in [9.17, 15) is 9.90 Å². The molecule has 0 amide bonds. The van der Waals surface area contributed by atoms with Gasteiger partial charge in [-0.25, -0.2) is 9.78 Å². The zero-order valence-electron chi connectivity index (χ0n) is 24.6. The molecule has 1 aliphatic heterocycles. The van der Waals surface area contributed by atoms with Crippen LogP contribution in [-0.4, -0.2) is 61.8 Å². The number of carbonyl (C=O) groups is 1. The smallest absolute Gasteiger partial charge is 0.331 e. The van der Waals surface area contributed by atoms with Gasteiger partial charge in [0.15, 0.2) is 18.1 Å². The highest BCUT2D eigenvalue weighted by atomic mass is 16.7. The Hall–Kier alpha value is -5.07. The van der Waals surface area contributed by atoms with E-state index in [4.69, 9.17) is 23.7 Å². The molecule has 0 bridgehead atoms. The third kappa shape index (κ3) is 6.55. The quantitative estimate of drug-likeness (QED) is 0.210. The number of carboxylic acids is 1. The molecule has 0 saturated heterocycles. The summed E-state index contributed by atoms with van der Waals surface area (Å²) in [5.74, 6) is 2.82. The van der Waals surface area contributed by atoms with Gasteiger partial charge in [0.1, 0.15) is 23.1 Å². The lowest BCUT2D eigenvalue weighted by Crippen LogP contribution is -2.09. The number of carboxylic acid groups (broad SMARTS) is 1. The van der Waals surface area contributed by atoms with Crippen LogP contribution in [0.2, 0.25) is 0 Å². The van der Waals surface area contributed by atoms with Gasteiger partial charge in [-0.2, -0.15) is 4.80 Å². The molecule has 0 radical (unpaired) electrons.